The molecular weight excluding hydrogens is 342 g/mol. The fourth-order valence-corrected chi connectivity index (χ4v) is 3.01. The van der Waals surface area contributed by atoms with Crippen molar-refractivity contribution >= 4 is 17.2 Å². The van der Waals surface area contributed by atoms with E-state index < -0.39 is 5.69 Å². The van der Waals surface area contributed by atoms with E-state index in [2.05, 4.69) is 15.7 Å². The van der Waals surface area contributed by atoms with Crippen molar-refractivity contribution in [1.82, 2.24) is 25.1 Å². The second-order valence-corrected chi connectivity index (χ2v) is 6.12. The van der Waals surface area contributed by atoms with Crippen molar-refractivity contribution in [2.75, 3.05) is 13.7 Å². The quantitative estimate of drug-likeness (QED) is 0.676. The number of para-hydroxylation sites is 1. The van der Waals surface area contributed by atoms with Crippen molar-refractivity contribution in [2.24, 2.45) is 0 Å². The van der Waals surface area contributed by atoms with Crippen LogP contribution in [0.2, 0.25) is 0 Å². The maximum absolute atomic E-state index is 12.2. The number of benzene rings is 1. The molecule has 0 aliphatic heterocycles. The molecule has 3 rings (SSSR count). The van der Waals surface area contributed by atoms with Gasteiger partial charge in [0.15, 0.2) is 0 Å². The Balaban J connectivity index is 1.56. The summed E-state index contributed by atoms with van der Waals surface area (Å²) in [6, 6.07) is 11.2. The lowest BCUT2D eigenvalue weighted by Crippen LogP contribution is -2.34. The molecule has 3 aromatic rings. The molecule has 0 bridgehead atoms. The third kappa shape index (κ3) is 3.94. The van der Waals surface area contributed by atoms with Gasteiger partial charge in [0, 0.05) is 6.54 Å². The zero-order chi connectivity index (χ0) is 17.6. The first-order chi connectivity index (χ1) is 12.2. The van der Waals surface area contributed by atoms with Crippen molar-refractivity contribution < 1.29 is 9.53 Å². The normalized spacial score (nSPS) is 10.6. The molecule has 1 aromatic carbocycles. The standard InChI is InChI=1S/C16H17N5O3S/c1-24-13-6-3-2-5-12(13)8-9-17-14(22)11-20-16(23)21(19-18-20)15-7-4-10-25-15/h2-7,10H,8-9,11H2,1H3,(H,17,22). The van der Waals surface area contributed by atoms with Crippen LogP contribution >= 0.6 is 11.3 Å². The minimum absolute atomic E-state index is 0.171. The number of nitrogens with zero attached hydrogens (tertiary/aromatic N) is 4. The van der Waals surface area contributed by atoms with Gasteiger partial charge >= 0.3 is 5.69 Å². The summed E-state index contributed by atoms with van der Waals surface area (Å²) in [5, 5.41) is 12.8. The van der Waals surface area contributed by atoms with Crippen molar-refractivity contribution in [3.8, 4) is 10.8 Å². The third-order valence-corrected chi connectivity index (χ3v) is 4.40. The van der Waals surface area contributed by atoms with Crippen molar-refractivity contribution in [3.63, 3.8) is 0 Å². The lowest BCUT2D eigenvalue weighted by Gasteiger charge is -2.08. The Bertz CT molecular complexity index is 901. The molecule has 8 nitrogen and oxygen atoms in total. The van der Waals surface area contributed by atoms with E-state index in [1.807, 2.05) is 35.7 Å². The average molecular weight is 359 g/mol. The SMILES string of the molecule is COc1ccccc1CCNC(=O)Cn1nnn(-c2cccs2)c1=O. The highest BCUT2D eigenvalue weighted by molar-refractivity contribution is 7.12. The maximum Gasteiger partial charge on any atom is 0.369 e. The second kappa shape index (κ2) is 7.75. The number of amides is 1. The van der Waals surface area contributed by atoms with E-state index >= 15 is 0 Å². The minimum Gasteiger partial charge on any atom is -0.496 e. The molecular formula is C16H17N5O3S. The van der Waals surface area contributed by atoms with Gasteiger partial charge in [-0.3, -0.25) is 4.79 Å². The van der Waals surface area contributed by atoms with Gasteiger partial charge in [-0.2, -0.15) is 9.36 Å². The lowest BCUT2D eigenvalue weighted by molar-refractivity contribution is -0.121. The summed E-state index contributed by atoms with van der Waals surface area (Å²) in [5.74, 6) is 0.488. The fourth-order valence-electron chi connectivity index (χ4n) is 2.34. The molecule has 25 heavy (non-hydrogen) atoms. The number of thiophene rings is 1. The van der Waals surface area contributed by atoms with Gasteiger partial charge in [0.25, 0.3) is 0 Å². The van der Waals surface area contributed by atoms with Crippen molar-refractivity contribution in [2.45, 2.75) is 13.0 Å². The van der Waals surface area contributed by atoms with Crippen molar-refractivity contribution in [3.05, 3.63) is 57.8 Å². The topological polar surface area (TPSA) is 91.0 Å². The summed E-state index contributed by atoms with van der Waals surface area (Å²) in [6.45, 7) is 0.267. The molecule has 0 atom stereocenters. The van der Waals surface area contributed by atoms with Crippen LogP contribution in [-0.4, -0.2) is 39.4 Å². The zero-order valence-corrected chi connectivity index (χ0v) is 14.4. The first kappa shape index (κ1) is 16.9. The van der Waals surface area contributed by atoms with Crippen LogP contribution in [0, 0.1) is 0 Å². The largest absolute Gasteiger partial charge is 0.496 e. The van der Waals surface area contributed by atoms with Gasteiger partial charge in [0.2, 0.25) is 5.91 Å². The highest BCUT2D eigenvalue weighted by atomic mass is 32.1. The van der Waals surface area contributed by atoms with Gasteiger partial charge in [0.05, 0.1) is 7.11 Å². The van der Waals surface area contributed by atoms with Gasteiger partial charge in [0.1, 0.15) is 17.3 Å². The van der Waals surface area contributed by atoms with E-state index in [1.54, 1.807) is 13.2 Å². The Morgan fingerprint density at radius 3 is 2.84 bits per heavy atom. The minimum atomic E-state index is -0.442. The Morgan fingerprint density at radius 1 is 1.24 bits per heavy atom. The first-order valence-corrected chi connectivity index (χ1v) is 8.52. The van der Waals surface area contributed by atoms with Gasteiger partial charge in [-0.15, -0.1) is 11.3 Å². The van der Waals surface area contributed by atoms with Crippen LogP contribution < -0.4 is 15.7 Å². The van der Waals surface area contributed by atoms with Gasteiger partial charge < -0.3 is 10.1 Å². The maximum atomic E-state index is 12.2. The number of ether oxygens (including phenoxy) is 1. The second-order valence-electron chi connectivity index (χ2n) is 5.19. The molecule has 2 aromatic heterocycles. The molecule has 2 heterocycles. The van der Waals surface area contributed by atoms with Crippen LogP contribution in [0.5, 0.6) is 5.75 Å². The van der Waals surface area contributed by atoms with E-state index in [4.69, 9.17) is 4.74 Å². The number of tetrazole rings is 1. The number of carbonyl (C=O) groups is 1. The number of hydrogen-bond donors (Lipinski definition) is 1. The molecule has 0 fully saturated rings. The zero-order valence-electron chi connectivity index (χ0n) is 13.6. The van der Waals surface area contributed by atoms with Gasteiger partial charge in [-0.1, -0.05) is 18.2 Å². The average Bonchev–Trinajstić information content (AvgIpc) is 3.26. The number of methoxy groups -OCH3 is 1. The van der Waals surface area contributed by atoms with Gasteiger partial charge in [-0.25, -0.2) is 4.79 Å². The lowest BCUT2D eigenvalue weighted by atomic mass is 10.1. The third-order valence-electron chi connectivity index (χ3n) is 3.56. The van der Waals surface area contributed by atoms with Crippen LogP contribution in [-0.2, 0) is 17.8 Å². The Hall–Kier alpha value is -2.94. The van der Waals surface area contributed by atoms with Crippen molar-refractivity contribution in [1.29, 1.82) is 0 Å². The summed E-state index contributed by atoms with van der Waals surface area (Å²) in [6.07, 6.45) is 0.631. The molecule has 9 heteroatoms. The number of nitrogens with one attached hydrogen (secondary N) is 1. The first-order valence-electron chi connectivity index (χ1n) is 7.64. The number of carbonyl (C=O) groups excluding carboxylic acids is 1. The van der Waals surface area contributed by atoms with E-state index in [9.17, 15) is 9.59 Å². The highest BCUT2D eigenvalue weighted by Gasteiger charge is 2.12. The van der Waals surface area contributed by atoms with Crippen LogP contribution in [0.25, 0.3) is 5.00 Å². The molecule has 0 saturated carbocycles. The summed E-state index contributed by atoms with van der Waals surface area (Å²) in [7, 11) is 1.61. The number of aromatic nitrogens is 4. The van der Waals surface area contributed by atoms with E-state index in [1.165, 1.54) is 16.0 Å². The van der Waals surface area contributed by atoms with Crippen LogP contribution in [0.15, 0.2) is 46.6 Å². The Kier molecular flexibility index (Phi) is 5.24. The highest BCUT2D eigenvalue weighted by Crippen LogP contribution is 2.17. The van der Waals surface area contributed by atoms with Crippen LogP contribution in [0.1, 0.15) is 5.56 Å². The number of hydrogen-bond acceptors (Lipinski definition) is 6. The summed E-state index contributed by atoms with van der Waals surface area (Å²) < 4.78 is 7.49. The molecule has 1 amide bonds. The molecule has 0 unspecified atom stereocenters. The fraction of sp³-hybridized carbons (Fsp3) is 0.250. The van der Waals surface area contributed by atoms with Gasteiger partial charge in [-0.05, 0) is 46.0 Å². The molecule has 0 aliphatic rings. The predicted octanol–water partition coefficient (Wildman–Crippen LogP) is 0.858. The smallest absolute Gasteiger partial charge is 0.369 e. The summed E-state index contributed by atoms with van der Waals surface area (Å²) in [4.78, 5) is 24.2. The molecule has 0 saturated heterocycles. The molecule has 130 valence electrons. The number of rotatable bonds is 7. The van der Waals surface area contributed by atoms with E-state index in [0.717, 1.165) is 16.0 Å². The Labute approximate surface area is 147 Å². The summed E-state index contributed by atoms with van der Waals surface area (Å²) in [5.41, 5.74) is 0.563. The predicted molar refractivity (Wildman–Crippen MR) is 93.2 cm³/mol. The monoisotopic (exact) mass is 359 g/mol. The van der Waals surface area contributed by atoms with E-state index in [0.29, 0.717) is 18.0 Å². The molecule has 0 aliphatic carbocycles. The molecule has 0 radical (unpaired) electrons. The van der Waals surface area contributed by atoms with Crippen LogP contribution in [0.3, 0.4) is 0 Å². The van der Waals surface area contributed by atoms with Crippen LogP contribution in [0.4, 0.5) is 0 Å². The van der Waals surface area contributed by atoms with E-state index in [-0.39, 0.29) is 12.5 Å². The molecule has 1 N–H and O–H groups in total. The molecule has 0 spiro atoms. The Morgan fingerprint density at radius 2 is 2.08 bits per heavy atom. The summed E-state index contributed by atoms with van der Waals surface area (Å²) >= 11 is 1.37.